The molecule has 0 aliphatic carbocycles. The highest BCUT2D eigenvalue weighted by Gasteiger charge is 2.08. The summed E-state index contributed by atoms with van der Waals surface area (Å²) >= 11 is 0. The Bertz CT molecular complexity index is 154. The molecule has 0 saturated heterocycles. The van der Waals surface area contributed by atoms with E-state index in [1.807, 2.05) is 0 Å². The molecule has 0 aromatic rings. The fourth-order valence-corrected chi connectivity index (χ4v) is 2.12. The maximum absolute atomic E-state index is 9.13. The largest absolute Gasteiger partial charge is 0.395 e. The van der Waals surface area contributed by atoms with Crippen LogP contribution in [0, 0.1) is 0 Å². The van der Waals surface area contributed by atoms with Gasteiger partial charge in [0.2, 0.25) is 0 Å². The number of nitrogens with zero attached hydrogens (tertiary/aromatic N) is 3. The van der Waals surface area contributed by atoms with Gasteiger partial charge < -0.3 is 14.9 Å². The van der Waals surface area contributed by atoms with Gasteiger partial charge in [-0.05, 0) is 26.2 Å². The lowest BCUT2D eigenvalue weighted by molar-refractivity contribution is 0.155. The lowest BCUT2D eigenvalue weighted by Gasteiger charge is -2.28. The molecule has 0 aliphatic heterocycles. The molecule has 0 amide bonds. The SMILES string of the molecule is CCN(CC)CCN(CCO)CCN(CC)CC. The van der Waals surface area contributed by atoms with E-state index in [4.69, 9.17) is 5.11 Å². The zero-order valence-corrected chi connectivity index (χ0v) is 12.9. The van der Waals surface area contributed by atoms with Crippen molar-refractivity contribution in [3.63, 3.8) is 0 Å². The second kappa shape index (κ2) is 11.9. The van der Waals surface area contributed by atoms with E-state index >= 15 is 0 Å². The highest BCUT2D eigenvalue weighted by atomic mass is 16.3. The average molecular weight is 259 g/mol. The molecule has 0 aliphatic rings. The van der Waals surface area contributed by atoms with Crippen LogP contribution in [0.25, 0.3) is 0 Å². The number of aliphatic hydroxyl groups excluding tert-OH is 1. The number of rotatable bonds is 12. The van der Waals surface area contributed by atoms with Gasteiger partial charge in [0.25, 0.3) is 0 Å². The lowest BCUT2D eigenvalue weighted by atomic mass is 10.3. The predicted octanol–water partition coefficient (Wildman–Crippen LogP) is 0.964. The number of likely N-dealkylation sites (N-methyl/N-ethyl adjacent to an activating group) is 2. The summed E-state index contributed by atoms with van der Waals surface area (Å²) in [5, 5.41) is 9.13. The molecule has 0 fully saturated rings. The Kier molecular flexibility index (Phi) is 11.8. The Morgan fingerprint density at radius 1 is 0.556 bits per heavy atom. The van der Waals surface area contributed by atoms with E-state index in [1.54, 1.807) is 0 Å². The van der Waals surface area contributed by atoms with Crippen LogP contribution in [0.4, 0.5) is 0 Å². The van der Waals surface area contributed by atoms with Crippen LogP contribution >= 0.6 is 0 Å². The molecule has 110 valence electrons. The minimum Gasteiger partial charge on any atom is -0.395 e. The second-order valence-corrected chi connectivity index (χ2v) is 4.62. The molecular weight excluding hydrogens is 226 g/mol. The molecule has 0 spiro atoms. The predicted molar refractivity (Wildman–Crippen MR) is 79.1 cm³/mol. The fourth-order valence-electron chi connectivity index (χ4n) is 2.12. The maximum atomic E-state index is 9.13. The Labute approximate surface area is 114 Å². The lowest BCUT2D eigenvalue weighted by Crippen LogP contribution is -2.40. The summed E-state index contributed by atoms with van der Waals surface area (Å²) < 4.78 is 0. The standard InChI is InChI=1S/C14H33N3O/c1-5-15(6-2)9-11-17(13-14-18)12-10-16(7-3)8-4/h18H,5-14H2,1-4H3. The molecule has 0 heterocycles. The Balaban J connectivity index is 3.97. The molecule has 18 heavy (non-hydrogen) atoms. The van der Waals surface area contributed by atoms with Gasteiger partial charge in [-0.1, -0.05) is 27.7 Å². The molecule has 0 bridgehead atoms. The Morgan fingerprint density at radius 2 is 0.889 bits per heavy atom. The normalized spacial score (nSPS) is 12.0. The van der Waals surface area contributed by atoms with E-state index in [-0.39, 0.29) is 6.61 Å². The molecule has 0 saturated carbocycles. The molecular formula is C14H33N3O. The van der Waals surface area contributed by atoms with Crippen LogP contribution in [0.1, 0.15) is 27.7 Å². The molecule has 0 aromatic carbocycles. The highest BCUT2D eigenvalue weighted by Crippen LogP contribution is 1.95. The van der Waals surface area contributed by atoms with Crippen molar-refractivity contribution >= 4 is 0 Å². The van der Waals surface area contributed by atoms with Crippen molar-refractivity contribution in [3.8, 4) is 0 Å². The van der Waals surface area contributed by atoms with Gasteiger partial charge in [-0.3, -0.25) is 4.90 Å². The number of hydrogen-bond acceptors (Lipinski definition) is 4. The zero-order valence-electron chi connectivity index (χ0n) is 12.9. The summed E-state index contributed by atoms with van der Waals surface area (Å²) in [7, 11) is 0. The Hall–Kier alpha value is -0.160. The first-order valence-corrected chi connectivity index (χ1v) is 7.49. The molecule has 0 atom stereocenters. The van der Waals surface area contributed by atoms with Crippen molar-refractivity contribution in [2.24, 2.45) is 0 Å². The molecule has 4 heteroatoms. The van der Waals surface area contributed by atoms with E-state index in [0.29, 0.717) is 0 Å². The summed E-state index contributed by atoms with van der Waals surface area (Å²) in [6.45, 7) is 18.6. The second-order valence-electron chi connectivity index (χ2n) is 4.62. The van der Waals surface area contributed by atoms with Gasteiger partial charge >= 0.3 is 0 Å². The van der Waals surface area contributed by atoms with Crippen molar-refractivity contribution in [3.05, 3.63) is 0 Å². The van der Waals surface area contributed by atoms with Crippen LogP contribution in [0.15, 0.2) is 0 Å². The third-order valence-corrected chi connectivity index (χ3v) is 3.67. The van der Waals surface area contributed by atoms with Crippen LogP contribution < -0.4 is 0 Å². The van der Waals surface area contributed by atoms with Crippen LogP contribution in [-0.4, -0.2) is 85.3 Å². The van der Waals surface area contributed by atoms with Gasteiger partial charge in [0.15, 0.2) is 0 Å². The fraction of sp³-hybridized carbons (Fsp3) is 1.00. The molecule has 0 aromatic heterocycles. The van der Waals surface area contributed by atoms with Crippen molar-refractivity contribution < 1.29 is 5.11 Å². The molecule has 0 rings (SSSR count). The van der Waals surface area contributed by atoms with Crippen LogP contribution in [0.2, 0.25) is 0 Å². The smallest absolute Gasteiger partial charge is 0.0558 e. The number of hydrogen-bond donors (Lipinski definition) is 1. The highest BCUT2D eigenvalue weighted by molar-refractivity contribution is 4.64. The molecule has 4 nitrogen and oxygen atoms in total. The van der Waals surface area contributed by atoms with Crippen molar-refractivity contribution in [1.29, 1.82) is 0 Å². The van der Waals surface area contributed by atoms with Crippen LogP contribution in [0.3, 0.4) is 0 Å². The van der Waals surface area contributed by atoms with Gasteiger partial charge in [-0.15, -0.1) is 0 Å². The van der Waals surface area contributed by atoms with Gasteiger partial charge in [0.05, 0.1) is 6.61 Å². The van der Waals surface area contributed by atoms with Gasteiger partial charge in [-0.2, -0.15) is 0 Å². The van der Waals surface area contributed by atoms with Gasteiger partial charge in [0, 0.05) is 32.7 Å². The minimum atomic E-state index is 0.260. The molecule has 1 N–H and O–H groups in total. The summed E-state index contributed by atoms with van der Waals surface area (Å²) in [5.41, 5.74) is 0. The third-order valence-electron chi connectivity index (χ3n) is 3.67. The van der Waals surface area contributed by atoms with E-state index in [9.17, 15) is 0 Å². The average Bonchev–Trinajstić information content (AvgIpc) is 2.40. The molecule has 0 radical (unpaired) electrons. The summed E-state index contributed by atoms with van der Waals surface area (Å²) in [6.07, 6.45) is 0. The zero-order chi connectivity index (χ0) is 13.8. The summed E-state index contributed by atoms with van der Waals surface area (Å²) in [4.78, 5) is 7.24. The minimum absolute atomic E-state index is 0.260. The van der Waals surface area contributed by atoms with E-state index in [1.165, 1.54) is 0 Å². The maximum Gasteiger partial charge on any atom is 0.0558 e. The van der Waals surface area contributed by atoms with Crippen LogP contribution in [0.5, 0.6) is 0 Å². The van der Waals surface area contributed by atoms with E-state index in [2.05, 4.69) is 42.4 Å². The van der Waals surface area contributed by atoms with Gasteiger partial charge in [0.1, 0.15) is 0 Å². The van der Waals surface area contributed by atoms with E-state index in [0.717, 1.165) is 58.9 Å². The monoisotopic (exact) mass is 259 g/mol. The van der Waals surface area contributed by atoms with Crippen molar-refractivity contribution in [2.45, 2.75) is 27.7 Å². The third kappa shape index (κ3) is 8.03. The van der Waals surface area contributed by atoms with E-state index < -0.39 is 0 Å². The quantitative estimate of drug-likeness (QED) is 0.565. The van der Waals surface area contributed by atoms with Gasteiger partial charge in [-0.25, -0.2) is 0 Å². The first-order valence-electron chi connectivity index (χ1n) is 7.49. The first-order chi connectivity index (χ1) is 8.71. The first kappa shape index (κ1) is 17.8. The summed E-state index contributed by atoms with van der Waals surface area (Å²) in [6, 6.07) is 0. The Morgan fingerprint density at radius 3 is 1.17 bits per heavy atom. The molecule has 0 unspecified atom stereocenters. The topological polar surface area (TPSA) is 30.0 Å². The number of aliphatic hydroxyl groups is 1. The van der Waals surface area contributed by atoms with Crippen LogP contribution in [-0.2, 0) is 0 Å². The summed E-state index contributed by atoms with van der Waals surface area (Å²) in [5.74, 6) is 0. The van der Waals surface area contributed by atoms with Crippen molar-refractivity contribution in [2.75, 3.05) is 65.5 Å². The van der Waals surface area contributed by atoms with Crippen molar-refractivity contribution in [1.82, 2.24) is 14.7 Å².